The molecule has 0 saturated carbocycles. The van der Waals surface area contributed by atoms with Crippen molar-refractivity contribution in [3.05, 3.63) is 0 Å². The lowest BCUT2D eigenvalue weighted by molar-refractivity contribution is -0.184. The fourth-order valence-electron chi connectivity index (χ4n) is 1.91. The summed E-state index contributed by atoms with van der Waals surface area (Å²) in [4.78, 5) is 1.95. The van der Waals surface area contributed by atoms with Crippen molar-refractivity contribution < 1.29 is 17.9 Å². The standard InChI is InChI=1S/C9H17F3N2O/c1-6-3-8(4-14(6)7(2)13)15-5-9(10,11)12/h6-8H,3-5,13H2,1-2H3/t6-,7-,8?/m1/s1. The van der Waals surface area contributed by atoms with Gasteiger partial charge in [0, 0.05) is 12.6 Å². The molecule has 0 aliphatic carbocycles. The zero-order chi connectivity index (χ0) is 11.6. The van der Waals surface area contributed by atoms with E-state index in [1.54, 1.807) is 0 Å². The molecule has 1 saturated heterocycles. The third-order valence-electron chi connectivity index (χ3n) is 2.59. The van der Waals surface area contributed by atoms with Gasteiger partial charge in [0.2, 0.25) is 0 Å². The van der Waals surface area contributed by atoms with Crippen molar-refractivity contribution >= 4 is 0 Å². The summed E-state index contributed by atoms with van der Waals surface area (Å²) in [6.45, 7) is 3.08. The third-order valence-corrected chi connectivity index (χ3v) is 2.59. The first kappa shape index (κ1) is 12.7. The summed E-state index contributed by atoms with van der Waals surface area (Å²) in [5.74, 6) is 0. The average Bonchev–Trinajstić information content (AvgIpc) is 2.42. The molecule has 1 heterocycles. The maximum Gasteiger partial charge on any atom is 0.411 e. The van der Waals surface area contributed by atoms with Crippen LogP contribution in [-0.4, -0.2) is 42.5 Å². The van der Waals surface area contributed by atoms with Crippen LogP contribution in [0.25, 0.3) is 0 Å². The molecular weight excluding hydrogens is 209 g/mol. The Morgan fingerprint density at radius 3 is 2.53 bits per heavy atom. The van der Waals surface area contributed by atoms with Crippen LogP contribution in [0.1, 0.15) is 20.3 Å². The zero-order valence-corrected chi connectivity index (χ0v) is 8.92. The number of alkyl halides is 3. The Hall–Kier alpha value is -0.330. The minimum absolute atomic E-state index is 0.139. The second-order valence-corrected chi connectivity index (χ2v) is 4.07. The summed E-state index contributed by atoms with van der Waals surface area (Å²) in [7, 11) is 0. The van der Waals surface area contributed by atoms with E-state index < -0.39 is 12.8 Å². The van der Waals surface area contributed by atoms with E-state index in [1.165, 1.54) is 0 Å². The molecule has 1 unspecified atom stereocenters. The molecule has 90 valence electrons. The Kier molecular flexibility index (Phi) is 3.97. The minimum Gasteiger partial charge on any atom is -0.367 e. The Morgan fingerprint density at radius 1 is 1.53 bits per heavy atom. The molecule has 1 aliphatic heterocycles. The number of rotatable bonds is 3. The van der Waals surface area contributed by atoms with E-state index in [0.717, 1.165) is 0 Å². The predicted molar refractivity (Wildman–Crippen MR) is 50.2 cm³/mol. The molecule has 0 radical (unpaired) electrons. The highest BCUT2D eigenvalue weighted by molar-refractivity contribution is 4.84. The summed E-state index contributed by atoms with van der Waals surface area (Å²) >= 11 is 0. The van der Waals surface area contributed by atoms with E-state index >= 15 is 0 Å². The summed E-state index contributed by atoms with van der Waals surface area (Å²) in [6, 6.07) is 0.184. The van der Waals surface area contributed by atoms with Gasteiger partial charge in [0.05, 0.1) is 12.3 Å². The summed E-state index contributed by atoms with van der Waals surface area (Å²) in [5.41, 5.74) is 5.68. The number of ether oxygens (including phenoxy) is 1. The van der Waals surface area contributed by atoms with Crippen LogP contribution in [0.4, 0.5) is 13.2 Å². The van der Waals surface area contributed by atoms with Gasteiger partial charge in [-0.05, 0) is 20.3 Å². The highest BCUT2D eigenvalue weighted by Crippen LogP contribution is 2.23. The maximum atomic E-state index is 11.9. The molecule has 1 fully saturated rings. The van der Waals surface area contributed by atoms with Crippen LogP contribution in [0.2, 0.25) is 0 Å². The zero-order valence-electron chi connectivity index (χ0n) is 8.92. The lowest BCUT2D eigenvalue weighted by Gasteiger charge is -2.24. The van der Waals surface area contributed by atoms with Gasteiger partial charge < -0.3 is 10.5 Å². The van der Waals surface area contributed by atoms with Crippen molar-refractivity contribution in [2.45, 2.75) is 44.8 Å². The van der Waals surface area contributed by atoms with Crippen LogP contribution >= 0.6 is 0 Å². The summed E-state index contributed by atoms with van der Waals surface area (Å²) < 4.78 is 40.5. The molecule has 0 aromatic carbocycles. The first-order valence-corrected chi connectivity index (χ1v) is 4.99. The smallest absolute Gasteiger partial charge is 0.367 e. The van der Waals surface area contributed by atoms with Crippen molar-refractivity contribution in [1.82, 2.24) is 4.90 Å². The van der Waals surface area contributed by atoms with Crippen molar-refractivity contribution in [3.8, 4) is 0 Å². The van der Waals surface area contributed by atoms with Crippen molar-refractivity contribution in [3.63, 3.8) is 0 Å². The quantitative estimate of drug-likeness (QED) is 0.789. The molecule has 3 atom stereocenters. The molecule has 1 rings (SSSR count). The molecule has 6 heteroatoms. The largest absolute Gasteiger partial charge is 0.411 e. The summed E-state index contributed by atoms with van der Waals surface area (Å²) in [6.07, 6.45) is -4.13. The van der Waals surface area contributed by atoms with Crippen LogP contribution in [0.5, 0.6) is 0 Å². The van der Waals surface area contributed by atoms with Crippen LogP contribution in [0.3, 0.4) is 0 Å². The fraction of sp³-hybridized carbons (Fsp3) is 1.00. The Bertz CT molecular complexity index is 208. The first-order chi connectivity index (χ1) is 6.79. The molecule has 0 bridgehead atoms. The number of nitrogens with two attached hydrogens (primary N) is 1. The minimum atomic E-state index is -4.25. The van der Waals surface area contributed by atoms with Gasteiger partial charge in [-0.15, -0.1) is 0 Å². The number of nitrogens with zero attached hydrogens (tertiary/aromatic N) is 1. The second kappa shape index (κ2) is 4.67. The molecular formula is C9H17F3N2O. The molecule has 0 amide bonds. The van der Waals surface area contributed by atoms with E-state index in [0.29, 0.717) is 13.0 Å². The van der Waals surface area contributed by atoms with Crippen LogP contribution in [0.15, 0.2) is 0 Å². The molecule has 15 heavy (non-hydrogen) atoms. The van der Waals surface area contributed by atoms with Crippen molar-refractivity contribution in [2.24, 2.45) is 5.73 Å². The lowest BCUT2D eigenvalue weighted by Crippen LogP contribution is -2.42. The van der Waals surface area contributed by atoms with Gasteiger partial charge in [0.1, 0.15) is 6.61 Å². The monoisotopic (exact) mass is 226 g/mol. The van der Waals surface area contributed by atoms with Gasteiger partial charge in [0.25, 0.3) is 0 Å². The number of hydrogen-bond donors (Lipinski definition) is 1. The van der Waals surface area contributed by atoms with Crippen molar-refractivity contribution in [2.75, 3.05) is 13.2 Å². The first-order valence-electron chi connectivity index (χ1n) is 4.99. The lowest BCUT2D eigenvalue weighted by atomic mass is 10.2. The number of hydrogen-bond acceptors (Lipinski definition) is 3. The molecule has 1 aliphatic rings. The van der Waals surface area contributed by atoms with E-state index in [2.05, 4.69) is 0 Å². The molecule has 0 aromatic rings. The molecule has 2 N–H and O–H groups in total. The Labute approximate surface area is 87.4 Å². The fourth-order valence-corrected chi connectivity index (χ4v) is 1.91. The SMILES string of the molecule is C[C@H](N)N1CC(OCC(F)(F)F)C[C@H]1C. The van der Waals surface area contributed by atoms with Gasteiger partial charge in [-0.2, -0.15) is 13.2 Å². The number of likely N-dealkylation sites (tertiary alicyclic amines) is 1. The molecule has 0 spiro atoms. The Morgan fingerprint density at radius 2 is 2.13 bits per heavy atom. The highest BCUT2D eigenvalue weighted by atomic mass is 19.4. The van der Waals surface area contributed by atoms with E-state index in [1.807, 2.05) is 18.7 Å². The normalized spacial score (nSPS) is 30.8. The Balaban J connectivity index is 2.35. The molecule has 3 nitrogen and oxygen atoms in total. The van der Waals surface area contributed by atoms with Gasteiger partial charge in [0.15, 0.2) is 0 Å². The molecule has 0 aromatic heterocycles. The summed E-state index contributed by atoms with van der Waals surface area (Å²) in [5, 5.41) is 0. The van der Waals surface area contributed by atoms with Gasteiger partial charge in [-0.25, -0.2) is 0 Å². The predicted octanol–water partition coefficient (Wildman–Crippen LogP) is 1.33. The van der Waals surface area contributed by atoms with Gasteiger partial charge in [-0.1, -0.05) is 0 Å². The van der Waals surface area contributed by atoms with Gasteiger partial charge in [-0.3, -0.25) is 4.90 Å². The second-order valence-electron chi connectivity index (χ2n) is 4.07. The topological polar surface area (TPSA) is 38.5 Å². The van der Waals surface area contributed by atoms with E-state index in [9.17, 15) is 13.2 Å². The van der Waals surface area contributed by atoms with Crippen molar-refractivity contribution in [1.29, 1.82) is 0 Å². The van der Waals surface area contributed by atoms with E-state index in [-0.39, 0.29) is 18.3 Å². The van der Waals surface area contributed by atoms with E-state index in [4.69, 9.17) is 10.5 Å². The third kappa shape index (κ3) is 3.96. The highest BCUT2D eigenvalue weighted by Gasteiger charge is 2.35. The number of halogens is 3. The van der Waals surface area contributed by atoms with Crippen LogP contribution in [0, 0.1) is 0 Å². The average molecular weight is 226 g/mol. The maximum absolute atomic E-state index is 11.9. The van der Waals surface area contributed by atoms with Gasteiger partial charge >= 0.3 is 6.18 Å². The van der Waals surface area contributed by atoms with Crippen LogP contribution in [-0.2, 0) is 4.74 Å². The van der Waals surface area contributed by atoms with Crippen LogP contribution < -0.4 is 5.73 Å².